The molecule has 0 amide bonds. The van der Waals surface area contributed by atoms with Crippen LogP contribution in [0, 0.1) is 5.82 Å². The summed E-state index contributed by atoms with van der Waals surface area (Å²) in [6, 6.07) is 7.10. The molecule has 0 atom stereocenters. The molecule has 1 heterocycles. The van der Waals surface area contributed by atoms with Gasteiger partial charge in [0.1, 0.15) is 10.7 Å². The Bertz CT molecular complexity index is 626. The van der Waals surface area contributed by atoms with Crippen LogP contribution in [0.2, 0.25) is 0 Å². The summed E-state index contributed by atoms with van der Waals surface area (Å²) in [6.45, 7) is 0.837. The fourth-order valence-corrected chi connectivity index (χ4v) is 2.77. The number of nitrogens with one attached hydrogen (secondary N) is 1. The summed E-state index contributed by atoms with van der Waals surface area (Å²) in [5.41, 5.74) is 0. The van der Waals surface area contributed by atoms with Gasteiger partial charge in [-0.1, -0.05) is 12.1 Å². The number of hydrogen-bond donors (Lipinski definition) is 1. The van der Waals surface area contributed by atoms with Gasteiger partial charge in [0.25, 0.3) is 0 Å². The van der Waals surface area contributed by atoms with Crippen LogP contribution in [0.5, 0.6) is 0 Å². The normalized spacial score (nSPS) is 11.6. The van der Waals surface area contributed by atoms with Crippen molar-refractivity contribution in [1.29, 1.82) is 0 Å². The number of sulfonamides is 1. The maximum absolute atomic E-state index is 13.4. The van der Waals surface area contributed by atoms with Gasteiger partial charge < -0.3 is 0 Å². The molecule has 0 aliphatic heterocycles. The predicted octanol–water partition coefficient (Wildman–Crippen LogP) is 1.39. The molecule has 0 aliphatic carbocycles. The molecule has 5 nitrogen and oxygen atoms in total. The van der Waals surface area contributed by atoms with Crippen molar-refractivity contribution in [3.05, 3.63) is 48.5 Å². The van der Waals surface area contributed by atoms with Crippen LogP contribution in [0.25, 0.3) is 0 Å². The van der Waals surface area contributed by atoms with Crippen molar-refractivity contribution < 1.29 is 12.8 Å². The molecule has 1 N–H and O–H groups in total. The molecule has 0 radical (unpaired) electrons. The number of benzene rings is 1. The van der Waals surface area contributed by atoms with E-state index in [1.165, 1.54) is 18.2 Å². The molecule has 2 aromatic rings. The zero-order valence-electron chi connectivity index (χ0n) is 10.2. The largest absolute Gasteiger partial charge is 0.273 e. The lowest BCUT2D eigenvalue weighted by atomic mass is 10.4. The van der Waals surface area contributed by atoms with Crippen LogP contribution in [0.15, 0.2) is 47.6 Å². The molecular formula is C12H14FN3O2S. The summed E-state index contributed by atoms with van der Waals surface area (Å²) >= 11 is 0. The third kappa shape index (κ3) is 3.62. The van der Waals surface area contributed by atoms with E-state index in [1.54, 1.807) is 23.1 Å². The molecule has 19 heavy (non-hydrogen) atoms. The molecule has 102 valence electrons. The number of rotatable bonds is 6. The molecule has 0 spiro atoms. The Balaban J connectivity index is 1.90. The standard InChI is InChI=1S/C12H14FN3O2S/c13-11-5-1-2-6-12(11)19(17,18)15-8-4-10-16-9-3-7-14-16/h1-3,5-7,9,15H,4,8,10H2. The molecule has 7 heteroatoms. The van der Waals surface area contributed by atoms with Crippen LogP contribution in [0.3, 0.4) is 0 Å². The first-order valence-electron chi connectivity index (χ1n) is 5.81. The molecule has 0 saturated carbocycles. The lowest BCUT2D eigenvalue weighted by Gasteiger charge is -2.07. The highest BCUT2D eigenvalue weighted by Crippen LogP contribution is 2.12. The van der Waals surface area contributed by atoms with Gasteiger partial charge in [-0.25, -0.2) is 17.5 Å². The van der Waals surface area contributed by atoms with Crippen LogP contribution in [-0.4, -0.2) is 24.7 Å². The lowest BCUT2D eigenvalue weighted by Crippen LogP contribution is -2.26. The van der Waals surface area contributed by atoms with Crippen LogP contribution >= 0.6 is 0 Å². The Morgan fingerprint density at radius 1 is 1.26 bits per heavy atom. The Hall–Kier alpha value is -1.73. The summed E-state index contributed by atoms with van der Waals surface area (Å²) in [7, 11) is -3.79. The molecule has 1 aromatic heterocycles. The first-order chi connectivity index (χ1) is 9.09. The van der Waals surface area contributed by atoms with Crippen molar-refractivity contribution in [3.8, 4) is 0 Å². The van der Waals surface area contributed by atoms with E-state index in [1.807, 2.05) is 0 Å². The van der Waals surface area contributed by atoms with Gasteiger partial charge in [-0.2, -0.15) is 5.10 Å². The van der Waals surface area contributed by atoms with E-state index < -0.39 is 15.8 Å². The monoisotopic (exact) mass is 283 g/mol. The van der Waals surface area contributed by atoms with Gasteiger partial charge in [-0.3, -0.25) is 4.68 Å². The Morgan fingerprint density at radius 2 is 2.05 bits per heavy atom. The second-order valence-electron chi connectivity index (χ2n) is 3.95. The highest BCUT2D eigenvalue weighted by molar-refractivity contribution is 7.89. The minimum absolute atomic E-state index is 0.233. The second-order valence-corrected chi connectivity index (χ2v) is 5.69. The number of aromatic nitrogens is 2. The molecule has 2 rings (SSSR count). The molecule has 0 fully saturated rings. The van der Waals surface area contributed by atoms with E-state index in [9.17, 15) is 12.8 Å². The quantitative estimate of drug-likeness (QED) is 0.815. The summed E-state index contributed by atoms with van der Waals surface area (Å²) in [5.74, 6) is -0.748. The Kier molecular flexibility index (Phi) is 4.28. The summed E-state index contributed by atoms with van der Waals surface area (Å²) < 4.78 is 41.1. The van der Waals surface area contributed by atoms with Crippen LogP contribution in [-0.2, 0) is 16.6 Å². The van der Waals surface area contributed by atoms with Crippen LogP contribution < -0.4 is 4.72 Å². The van der Waals surface area contributed by atoms with E-state index in [0.717, 1.165) is 6.07 Å². The van der Waals surface area contributed by atoms with Gasteiger partial charge in [0.05, 0.1) is 0 Å². The van der Waals surface area contributed by atoms with Gasteiger partial charge >= 0.3 is 0 Å². The van der Waals surface area contributed by atoms with E-state index in [2.05, 4.69) is 9.82 Å². The maximum Gasteiger partial charge on any atom is 0.243 e. The fourth-order valence-electron chi connectivity index (χ4n) is 1.62. The lowest BCUT2D eigenvalue weighted by molar-refractivity contribution is 0.542. The van der Waals surface area contributed by atoms with Gasteiger partial charge in [-0.15, -0.1) is 0 Å². The molecule has 0 saturated heterocycles. The van der Waals surface area contributed by atoms with Gasteiger partial charge in [0.15, 0.2) is 0 Å². The fraction of sp³-hybridized carbons (Fsp3) is 0.250. The smallest absolute Gasteiger partial charge is 0.243 e. The molecular weight excluding hydrogens is 269 g/mol. The highest BCUT2D eigenvalue weighted by Gasteiger charge is 2.17. The third-order valence-corrected chi connectivity index (χ3v) is 4.04. The average Bonchev–Trinajstić information content (AvgIpc) is 2.88. The molecule has 0 unspecified atom stereocenters. The second kappa shape index (κ2) is 5.94. The SMILES string of the molecule is O=S(=O)(NCCCn1cccn1)c1ccccc1F. The predicted molar refractivity (Wildman–Crippen MR) is 68.4 cm³/mol. The molecule has 0 aliphatic rings. The Morgan fingerprint density at radius 3 is 2.74 bits per heavy atom. The van der Waals surface area contributed by atoms with Crippen molar-refractivity contribution in [2.75, 3.05) is 6.54 Å². The molecule has 0 bridgehead atoms. The number of nitrogens with zero attached hydrogens (tertiary/aromatic N) is 2. The van der Waals surface area contributed by atoms with E-state index >= 15 is 0 Å². The average molecular weight is 283 g/mol. The van der Waals surface area contributed by atoms with Crippen molar-refractivity contribution in [2.24, 2.45) is 0 Å². The maximum atomic E-state index is 13.4. The van der Waals surface area contributed by atoms with Crippen molar-refractivity contribution >= 4 is 10.0 Å². The first kappa shape index (κ1) is 13.7. The van der Waals surface area contributed by atoms with E-state index in [0.29, 0.717) is 13.0 Å². The Labute approximate surface area is 111 Å². The first-order valence-corrected chi connectivity index (χ1v) is 7.29. The topological polar surface area (TPSA) is 64.0 Å². The highest BCUT2D eigenvalue weighted by atomic mass is 32.2. The van der Waals surface area contributed by atoms with Crippen molar-refractivity contribution in [2.45, 2.75) is 17.9 Å². The summed E-state index contributed by atoms with van der Waals surface area (Å²) in [6.07, 6.45) is 4.03. The van der Waals surface area contributed by atoms with E-state index in [4.69, 9.17) is 0 Å². The summed E-state index contributed by atoms with van der Waals surface area (Å²) in [4.78, 5) is -0.325. The number of aryl methyl sites for hydroxylation is 1. The number of hydrogen-bond acceptors (Lipinski definition) is 3. The zero-order valence-corrected chi connectivity index (χ0v) is 11.0. The van der Waals surface area contributed by atoms with Gasteiger partial charge in [0, 0.05) is 25.5 Å². The summed E-state index contributed by atoms with van der Waals surface area (Å²) in [5, 5.41) is 4.00. The molecule has 1 aromatic carbocycles. The van der Waals surface area contributed by atoms with Crippen LogP contribution in [0.1, 0.15) is 6.42 Å². The zero-order chi connectivity index (χ0) is 13.7. The van der Waals surface area contributed by atoms with Gasteiger partial charge in [0.2, 0.25) is 10.0 Å². The number of halogens is 1. The minimum atomic E-state index is -3.79. The third-order valence-electron chi connectivity index (χ3n) is 2.54. The van der Waals surface area contributed by atoms with Crippen molar-refractivity contribution in [1.82, 2.24) is 14.5 Å². The van der Waals surface area contributed by atoms with Gasteiger partial charge in [-0.05, 0) is 24.6 Å². The van der Waals surface area contributed by atoms with Crippen molar-refractivity contribution in [3.63, 3.8) is 0 Å². The minimum Gasteiger partial charge on any atom is -0.273 e. The van der Waals surface area contributed by atoms with E-state index in [-0.39, 0.29) is 11.4 Å². The van der Waals surface area contributed by atoms with Crippen LogP contribution in [0.4, 0.5) is 4.39 Å².